The first kappa shape index (κ1) is 19.1. The zero-order valence-electron chi connectivity index (χ0n) is 16.2. The lowest BCUT2D eigenvalue weighted by atomic mass is 10.1. The normalized spacial score (nSPS) is 10.6. The molecule has 0 aliphatic heterocycles. The van der Waals surface area contributed by atoms with Crippen molar-refractivity contribution < 1.29 is 14.3 Å². The molecule has 0 bridgehead atoms. The van der Waals surface area contributed by atoms with Gasteiger partial charge in [0.15, 0.2) is 5.69 Å². The number of hydrogen-bond acceptors (Lipinski definition) is 8. The van der Waals surface area contributed by atoms with Crippen molar-refractivity contribution in [3.8, 4) is 5.75 Å². The fraction of sp³-hybridized carbons (Fsp3) is 0.0909. The van der Waals surface area contributed by atoms with E-state index in [4.69, 9.17) is 10.5 Å². The van der Waals surface area contributed by atoms with Crippen LogP contribution >= 0.6 is 0 Å². The van der Waals surface area contributed by atoms with E-state index < -0.39 is 5.97 Å². The average molecular weight is 401 g/mol. The molecule has 0 amide bonds. The molecule has 0 aliphatic carbocycles. The Kier molecular flexibility index (Phi) is 5.38. The van der Waals surface area contributed by atoms with Crippen LogP contribution in [0.25, 0.3) is 10.8 Å². The van der Waals surface area contributed by atoms with Gasteiger partial charge in [0.25, 0.3) is 0 Å². The van der Waals surface area contributed by atoms with E-state index in [-0.39, 0.29) is 5.69 Å². The molecule has 2 heterocycles. The minimum atomic E-state index is -0.540. The van der Waals surface area contributed by atoms with E-state index in [9.17, 15) is 4.79 Å². The van der Waals surface area contributed by atoms with Crippen molar-refractivity contribution in [2.24, 2.45) is 0 Å². The Morgan fingerprint density at radius 1 is 1.00 bits per heavy atom. The molecule has 0 radical (unpaired) electrons. The smallest absolute Gasteiger partial charge is 0.358 e. The number of nitrogen functional groups attached to an aromatic ring is 1. The summed E-state index contributed by atoms with van der Waals surface area (Å²) in [6, 6.07) is 15.3. The number of nitrogens with zero attached hydrogens (tertiary/aromatic N) is 3. The summed E-state index contributed by atoms with van der Waals surface area (Å²) in [4.78, 5) is 23.9. The summed E-state index contributed by atoms with van der Waals surface area (Å²) in [5.74, 6) is 1.26. The summed E-state index contributed by atoms with van der Waals surface area (Å²) in [6.45, 7) is 0.359. The third-order valence-corrected chi connectivity index (χ3v) is 4.44. The maximum absolute atomic E-state index is 11.4. The third-order valence-electron chi connectivity index (χ3n) is 4.44. The van der Waals surface area contributed by atoms with Gasteiger partial charge in [-0.3, -0.25) is 0 Å². The van der Waals surface area contributed by atoms with Crippen LogP contribution in [0.3, 0.4) is 0 Å². The van der Waals surface area contributed by atoms with Crippen LogP contribution in [0.2, 0.25) is 0 Å². The predicted molar refractivity (Wildman–Crippen MR) is 114 cm³/mol. The molecule has 8 nitrogen and oxygen atoms in total. The molecule has 0 aliphatic rings. The number of pyridine rings is 1. The number of nitrogens with one attached hydrogen (secondary N) is 1. The number of carbonyl (C=O) groups excluding carboxylic acids is 1. The number of carbonyl (C=O) groups is 1. The van der Waals surface area contributed by atoms with Crippen molar-refractivity contribution in [2.75, 3.05) is 18.2 Å². The molecule has 4 rings (SSSR count). The molecule has 2 aromatic carbocycles. The Bertz CT molecular complexity index is 1190. The van der Waals surface area contributed by atoms with Crippen LogP contribution in [-0.4, -0.2) is 28.0 Å². The molecule has 2 aromatic heterocycles. The van der Waals surface area contributed by atoms with Crippen LogP contribution in [0.5, 0.6) is 5.75 Å². The lowest BCUT2D eigenvalue weighted by Gasteiger charge is -2.12. The van der Waals surface area contributed by atoms with Crippen molar-refractivity contribution in [2.45, 2.75) is 6.61 Å². The van der Waals surface area contributed by atoms with Gasteiger partial charge >= 0.3 is 5.97 Å². The highest BCUT2D eigenvalue weighted by Gasteiger charge is 2.09. The van der Waals surface area contributed by atoms with Crippen molar-refractivity contribution in [3.05, 3.63) is 78.4 Å². The van der Waals surface area contributed by atoms with Crippen molar-refractivity contribution in [3.63, 3.8) is 0 Å². The topological polar surface area (TPSA) is 112 Å². The first-order chi connectivity index (χ1) is 14.6. The van der Waals surface area contributed by atoms with Gasteiger partial charge in [0.1, 0.15) is 24.0 Å². The van der Waals surface area contributed by atoms with Crippen LogP contribution in [0.1, 0.15) is 16.1 Å². The summed E-state index contributed by atoms with van der Waals surface area (Å²) in [5.41, 5.74) is 7.82. The molecule has 0 saturated heterocycles. The maximum Gasteiger partial charge on any atom is 0.358 e. The first-order valence-corrected chi connectivity index (χ1v) is 9.16. The van der Waals surface area contributed by atoms with E-state index in [1.165, 1.54) is 19.5 Å². The molecule has 150 valence electrons. The number of nitrogens with two attached hydrogens (primary N) is 1. The number of anilines is 3. The monoisotopic (exact) mass is 401 g/mol. The highest BCUT2D eigenvalue weighted by atomic mass is 16.5. The largest absolute Gasteiger partial charge is 0.488 e. The number of hydrogen-bond donors (Lipinski definition) is 2. The number of esters is 1. The van der Waals surface area contributed by atoms with Gasteiger partial charge < -0.3 is 20.5 Å². The van der Waals surface area contributed by atoms with E-state index in [0.29, 0.717) is 23.9 Å². The van der Waals surface area contributed by atoms with Gasteiger partial charge in [-0.15, -0.1) is 0 Å². The van der Waals surface area contributed by atoms with Gasteiger partial charge in [-0.05, 0) is 29.8 Å². The van der Waals surface area contributed by atoms with Gasteiger partial charge in [-0.2, -0.15) is 0 Å². The molecule has 8 heteroatoms. The second kappa shape index (κ2) is 8.44. The van der Waals surface area contributed by atoms with Gasteiger partial charge in [0, 0.05) is 22.7 Å². The van der Waals surface area contributed by atoms with E-state index in [1.54, 1.807) is 6.20 Å². The second-order valence-corrected chi connectivity index (χ2v) is 6.44. The lowest BCUT2D eigenvalue weighted by Crippen LogP contribution is -2.06. The Labute approximate surface area is 172 Å². The maximum atomic E-state index is 11.4. The highest BCUT2D eigenvalue weighted by molar-refractivity contribution is 5.97. The Morgan fingerprint density at radius 2 is 1.83 bits per heavy atom. The molecule has 0 saturated carbocycles. The van der Waals surface area contributed by atoms with Crippen molar-refractivity contribution in [1.29, 1.82) is 0 Å². The number of benzene rings is 2. The quantitative estimate of drug-likeness (QED) is 0.371. The first-order valence-electron chi connectivity index (χ1n) is 9.16. The molecular weight excluding hydrogens is 382 g/mol. The summed E-state index contributed by atoms with van der Waals surface area (Å²) in [5, 5.41) is 4.98. The minimum absolute atomic E-state index is 0.133. The summed E-state index contributed by atoms with van der Waals surface area (Å²) < 4.78 is 10.6. The Morgan fingerprint density at radius 3 is 2.60 bits per heavy atom. The van der Waals surface area contributed by atoms with E-state index in [2.05, 4.69) is 25.0 Å². The summed E-state index contributed by atoms with van der Waals surface area (Å²) in [7, 11) is 1.29. The molecule has 4 aromatic rings. The molecule has 3 N–H and O–H groups in total. The zero-order valence-corrected chi connectivity index (χ0v) is 16.2. The number of ether oxygens (including phenoxy) is 2. The number of methoxy groups -OCH3 is 1. The Balaban J connectivity index is 1.47. The van der Waals surface area contributed by atoms with Crippen LogP contribution in [0.4, 0.5) is 17.3 Å². The second-order valence-electron chi connectivity index (χ2n) is 6.44. The van der Waals surface area contributed by atoms with E-state index in [1.807, 2.05) is 48.5 Å². The van der Waals surface area contributed by atoms with E-state index >= 15 is 0 Å². The summed E-state index contributed by atoms with van der Waals surface area (Å²) >= 11 is 0. The fourth-order valence-electron chi connectivity index (χ4n) is 2.95. The van der Waals surface area contributed by atoms with Crippen LogP contribution < -0.4 is 15.8 Å². The Hall–Kier alpha value is -4.20. The fourth-order valence-corrected chi connectivity index (χ4v) is 2.95. The molecule has 0 fully saturated rings. The highest BCUT2D eigenvalue weighted by Crippen LogP contribution is 2.30. The van der Waals surface area contributed by atoms with Crippen LogP contribution in [0, 0.1) is 0 Å². The molecule has 30 heavy (non-hydrogen) atoms. The molecular formula is C22H19N5O3. The third kappa shape index (κ3) is 4.12. The van der Waals surface area contributed by atoms with Gasteiger partial charge in [0.2, 0.25) is 0 Å². The van der Waals surface area contributed by atoms with Crippen LogP contribution in [0.15, 0.2) is 67.1 Å². The van der Waals surface area contributed by atoms with E-state index in [0.717, 1.165) is 22.1 Å². The molecule has 0 atom stereocenters. The van der Waals surface area contributed by atoms with Gasteiger partial charge in [-0.1, -0.05) is 24.3 Å². The number of fused-ring (bicyclic) bond motifs is 1. The van der Waals surface area contributed by atoms with Crippen molar-refractivity contribution in [1.82, 2.24) is 15.0 Å². The zero-order chi connectivity index (χ0) is 20.9. The van der Waals surface area contributed by atoms with Gasteiger partial charge in [-0.25, -0.2) is 19.7 Å². The summed E-state index contributed by atoms with van der Waals surface area (Å²) in [6.07, 6.45) is 4.46. The van der Waals surface area contributed by atoms with Gasteiger partial charge in [0.05, 0.1) is 19.5 Å². The minimum Gasteiger partial charge on any atom is -0.488 e. The standard InChI is InChI=1S/C22H19N5O3/c1-29-22(28)18-11-26-21(12-25-18)27-20-10-14(8-9-24-20)13-30-19-7-6-17(23)15-4-2-3-5-16(15)19/h2-12H,13,23H2,1H3,(H,24,26,27). The SMILES string of the molecule is COC(=O)c1cnc(Nc2cc(COc3ccc(N)c4ccccc34)ccn2)cn1. The predicted octanol–water partition coefficient (Wildman–Crippen LogP) is 3.72. The lowest BCUT2D eigenvalue weighted by molar-refractivity contribution is 0.0593. The van der Waals surface area contributed by atoms with Crippen molar-refractivity contribution >= 4 is 34.1 Å². The number of rotatable bonds is 6. The van der Waals surface area contributed by atoms with Crippen LogP contribution in [-0.2, 0) is 11.3 Å². The average Bonchev–Trinajstić information content (AvgIpc) is 2.79. The molecule has 0 spiro atoms. The number of aromatic nitrogens is 3. The molecule has 0 unspecified atom stereocenters.